The zero-order chi connectivity index (χ0) is 29.9. The minimum Gasteiger partial charge on any atom is -0.780 e. The van der Waals surface area contributed by atoms with E-state index in [9.17, 15) is 0 Å². The van der Waals surface area contributed by atoms with E-state index in [0.29, 0.717) is 29.6 Å². The molecule has 6 heteroatoms. The Kier molecular flexibility index (Phi) is 23.7. The Labute approximate surface area is 280 Å². The zero-order valence-corrected chi connectivity index (χ0v) is 31.5. The Hall–Kier alpha value is -0.437. The molecule has 0 amide bonds. The van der Waals surface area contributed by atoms with Crippen molar-refractivity contribution in [3.63, 3.8) is 0 Å². The maximum atomic E-state index is 8.94. The van der Waals surface area contributed by atoms with Gasteiger partial charge in [-0.15, -0.1) is 35.9 Å². The first-order valence-corrected chi connectivity index (χ1v) is 17.4. The number of benzene rings is 2. The Morgan fingerprint density at radius 3 is 1.22 bits per heavy atom. The van der Waals surface area contributed by atoms with Crippen LogP contribution >= 0.6 is 8.22 Å². The van der Waals surface area contributed by atoms with Crippen molar-refractivity contribution < 1.29 is 26.2 Å². The molecule has 3 nitrogen and oxygen atoms in total. The third-order valence-electron chi connectivity index (χ3n) is 6.96. The summed E-state index contributed by atoms with van der Waals surface area (Å²) in [6.45, 7) is 17.9. The zero-order valence-electron chi connectivity index (χ0n) is 27.3. The molecule has 0 unspecified atom stereocenters. The fourth-order valence-corrected chi connectivity index (χ4v) is 8.22. The van der Waals surface area contributed by atoms with Gasteiger partial charge in [0, 0.05) is 37.8 Å². The third kappa shape index (κ3) is 16.8. The molecule has 0 heterocycles. The Morgan fingerprint density at radius 2 is 0.976 bits per heavy atom. The van der Waals surface area contributed by atoms with Crippen LogP contribution in [0, 0.1) is 11.5 Å². The van der Waals surface area contributed by atoms with Crippen LogP contribution in [0.1, 0.15) is 125 Å². The molecule has 0 bridgehead atoms. The monoisotopic (exact) mass is 673 g/mol. The minimum absolute atomic E-state index is 0. The summed E-state index contributed by atoms with van der Waals surface area (Å²) in [4.78, 5) is 0.905. The van der Waals surface area contributed by atoms with Crippen LogP contribution < -0.4 is 0 Å². The van der Waals surface area contributed by atoms with E-state index in [2.05, 4.69) is 70.8 Å². The average Bonchev–Trinajstić information content (AvgIpc) is 3.68. The fourth-order valence-electron chi connectivity index (χ4n) is 5.25. The van der Waals surface area contributed by atoms with Gasteiger partial charge in [0.1, 0.15) is 0 Å². The van der Waals surface area contributed by atoms with Gasteiger partial charge in [-0.1, -0.05) is 94.5 Å². The molecule has 2 aliphatic rings. The smallest absolute Gasteiger partial charge is 0.780 e. The van der Waals surface area contributed by atoms with E-state index in [0.717, 1.165) is 10.5 Å². The van der Waals surface area contributed by atoms with Gasteiger partial charge in [-0.3, -0.25) is 9.34 Å². The predicted molar refractivity (Wildman–Crippen MR) is 181 cm³/mol. The maximum Gasteiger partial charge on any atom is 4.00 e. The largest absolute Gasteiger partial charge is 4.00 e. The summed E-state index contributed by atoms with van der Waals surface area (Å²) in [7, 11) is -0.864. The van der Waals surface area contributed by atoms with Crippen molar-refractivity contribution in [1.82, 2.24) is 9.34 Å². The van der Waals surface area contributed by atoms with Crippen molar-refractivity contribution in [3.8, 4) is 0 Å². The molecule has 226 valence electrons. The van der Waals surface area contributed by atoms with Crippen LogP contribution in [0.3, 0.4) is 0 Å². The molecule has 0 saturated heterocycles. The van der Waals surface area contributed by atoms with E-state index >= 15 is 0 Å². The molecule has 0 radical (unpaired) electrons. The fraction of sp³-hybridized carbons (Fsp3) is 0.629. The van der Waals surface area contributed by atoms with Crippen LogP contribution in [0.15, 0.2) is 59.5 Å². The minimum atomic E-state index is -0.864. The first kappa shape index (κ1) is 40.6. The van der Waals surface area contributed by atoms with E-state index in [1.54, 1.807) is 0 Å². The summed E-state index contributed by atoms with van der Waals surface area (Å²) in [6.07, 6.45) is 15.0. The van der Waals surface area contributed by atoms with Crippen molar-refractivity contribution in [2.24, 2.45) is 0 Å². The molecule has 0 spiro atoms. The number of rotatable bonds is 8. The van der Waals surface area contributed by atoms with Gasteiger partial charge in [-0.2, -0.15) is 4.90 Å². The molecule has 2 aromatic rings. The third-order valence-corrected chi connectivity index (χ3v) is 10.6. The average molecular weight is 675 g/mol. The molecular formula is C35H58N3PSZr+2. The Morgan fingerprint density at radius 1 is 0.634 bits per heavy atom. The van der Waals surface area contributed by atoms with Gasteiger partial charge in [-0.25, -0.2) is 0 Å². The van der Waals surface area contributed by atoms with Crippen molar-refractivity contribution >= 4 is 26.3 Å². The molecule has 2 aliphatic carbocycles. The summed E-state index contributed by atoms with van der Waals surface area (Å²) >= 11 is 4.81. The molecule has 2 fully saturated rings. The second-order valence-electron chi connectivity index (χ2n) is 11.9. The van der Waals surface area contributed by atoms with Gasteiger partial charge in [0.05, 0.1) is 0 Å². The normalized spacial score (nSPS) is 14.4. The standard InChI is InChI=1S/C19H33N3P.C6H6S.2C5H10.Zr/c1-14(2)21(15(3)4)23(22(16(5)6)17(7)8)19(20)18-12-10-9-11-13-18;7-6-4-2-1-3-5-6;2*1-2-4-5-3-1;/h9-12,14-17,20H,1-8H3;1-5,7H;2*1-5H2;/q-1;;;;+4/p-1. The topological polar surface area (TPSA) is 30.3 Å². The number of hydrogen-bond acceptors (Lipinski definition) is 4. The van der Waals surface area contributed by atoms with Crippen LogP contribution in [0.2, 0.25) is 0 Å². The van der Waals surface area contributed by atoms with Crippen LogP contribution in [-0.4, -0.2) is 39.0 Å². The van der Waals surface area contributed by atoms with Crippen LogP contribution in [0.25, 0.3) is 0 Å². The molecule has 1 N–H and O–H groups in total. The number of hydrogen-bond donors (Lipinski definition) is 1. The van der Waals surface area contributed by atoms with Crippen molar-refractivity contribution in [2.75, 3.05) is 0 Å². The van der Waals surface area contributed by atoms with Gasteiger partial charge < -0.3 is 18.0 Å². The quantitative estimate of drug-likeness (QED) is 0.131. The Balaban J connectivity index is 0.000000705. The van der Waals surface area contributed by atoms with Crippen LogP contribution in [0.4, 0.5) is 0 Å². The van der Waals surface area contributed by atoms with E-state index in [1.165, 1.54) is 64.2 Å². The van der Waals surface area contributed by atoms with Gasteiger partial charge in [0.15, 0.2) is 0 Å². The van der Waals surface area contributed by atoms with E-state index in [1.807, 2.05) is 54.6 Å². The summed E-state index contributed by atoms with van der Waals surface area (Å²) in [5.74, 6) is 0. The van der Waals surface area contributed by atoms with Gasteiger partial charge in [0.25, 0.3) is 0 Å². The van der Waals surface area contributed by atoms with Gasteiger partial charge in [-0.05, 0) is 55.4 Å². The maximum absolute atomic E-state index is 8.94. The molecule has 2 saturated carbocycles. The predicted octanol–water partition coefficient (Wildman–Crippen LogP) is 10.9. The van der Waals surface area contributed by atoms with E-state index in [-0.39, 0.29) is 26.2 Å². The molecule has 4 rings (SSSR count). The Bertz CT molecular complexity index is 824. The number of nitrogens with one attached hydrogen (secondary N) is 1. The van der Waals surface area contributed by atoms with Crippen LogP contribution in [0.5, 0.6) is 0 Å². The van der Waals surface area contributed by atoms with E-state index in [4.69, 9.17) is 18.0 Å². The molecule has 0 aliphatic heterocycles. The van der Waals surface area contributed by atoms with Crippen molar-refractivity contribution in [2.45, 2.75) is 149 Å². The molecule has 0 atom stereocenters. The second-order valence-corrected chi connectivity index (χ2v) is 14.3. The summed E-state index contributed by atoms with van der Waals surface area (Å²) in [5, 5.41) is 8.94. The molecule has 41 heavy (non-hydrogen) atoms. The SMILES string of the molecule is C1CCCC1.C1CCCC1.CC(C)N(C(C)C)P(C(=N)c1[c-]cccc1)N(C(C)C)C(C)C.[S-]c1ccccc1.[Zr+4]. The van der Waals surface area contributed by atoms with Gasteiger partial charge in [0.2, 0.25) is 0 Å². The first-order chi connectivity index (χ1) is 19.1. The molecule has 0 aromatic heterocycles. The first-order valence-electron chi connectivity index (χ1n) is 15.7. The summed E-state index contributed by atoms with van der Waals surface area (Å²) in [5.41, 5.74) is 1.61. The van der Waals surface area contributed by atoms with E-state index < -0.39 is 8.22 Å². The molecular weight excluding hydrogens is 617 g/mol. The van der Waals surface area contributed by atoms with Crippen molar-refractivity contribution in [3.05, 3.63) is 66.2 Å². The summed E-state index contributed by atoms with van der Waals surface area (Å²) < 4.78 is 5.00. The van der Waals surface area contributed by atoms with Crippen LogP contribution in [-0.2, 0) is 38.8 Å². The second kappa shape index (κ2) is 24.0. The molecule has 2 aromatic carbocycles. The van der Waals surface area contributed by atoms with Gasteiger partial charge >= 0.3 is 26.2 Å². The van der Waals surface area contributed by atoms with Crippen molar-refractivity contribution in [1.29, 1.82) is 5.41 Å². The number of nitrogens with zero attached hydrogens (tertiary/aromatic N) is 2. The summed E-state index contributed by atoms with van der Waals surface area (Å²) in [6, 6.07) is 22.3.